The summed E-state index contributed by atoms with van der Waals surface area (Å²) in [6, 6.07) is 11.6. The molecule has 2 aromatic carbocycles. The first-order chi connectivity index (χ1) is 10.6. The van der Waals surface area contributed by atoms with Crippen LogP contribution in [0.2, 0.25) is 5.02 Å². The van der Waals surface area contributed by atoms with Crippen molar-refractivity contribution >= 4 is 17.5 Å². The highest BCUT2D eigenvalue weighted by atomic mass is 35.5. The molecule has 0 aliphatic carbocycles. The van der Waals surface area contributed by atoms with Gasteiger partial charge in [-0.3, -0.25) is 4.79 Å². The van der Waals surface area contributed by atoms with Crippen LogP contribution in [0.1, 0.15) is 11.1 Å². The number of hydrogen-bond acceptors (Lipinski definition) is 2. The highest BCUT2D eigenvalue weighted by Gasteiger charge is 2.28. The smallest absolute Gasteiger partial charge is 0.261 e. The molecule has 1 N–H and O–H groups in total. The molecule has 3 rings (SSSR count). The van der Waals surface area contributed by atoms with Gasteiger partial charge in [-0.15, -0.1) is 0 Å². The predicted molar refractivity (Wildman–Crippen MR) is 82.7 cm³/mol. The van der Waals surface area contributed by atoms with Crippen LogP contribution in [0.3, 0.4) is 0 Å². The van der Waals surface area contributed by atoms with Crippen molar-refractivity contribution in [3.05, 3.63) is 64.4 Å². The van der Waals surface area contributed by atoms with E-state index in [2.05, 4.69) is 5.32 Å². The Kier molecular flexibility index (Phi) is 4.29. The summed E-state index contributed by atoms with van der Waals surface area (Å²) >= 11 is 5.93. The lowest BCUT2D eigenvalue weighted by atomic mass is 10.1. The van der Waals surface area contributed by atoms with Crippen molar-refractivity contribution in [2.75, 3.05) is 6.54 Å². The van der Waals surface area contributed by atoms with Crippen LogP contribution >= 0.6 is 11.6 Å². The number of hydrogen-bond donors (Lipinski definition) is 1. The van der Waals surface area contributed by atoms with Gasteiger partial charge in [0.15, 0.2) is 6.10 Å². The molecule has 1 aliphatic heterocycles. The first kappa shape index (κ1) is 14.9. The Labute approximate surface area is 133 Å². The Morgan fingerprint density at radius 3 is 2.82 bits per heavy atom. The molecule has 0 unspecified atom stereocenters. The van der Waals surface area contributed by atoms with Crippen LogP contribution in [0.5, 0.6) is 5.75 Å². The molecule has 22 heavy (non-hydrogen) atoms. The van der Waals surface area contributed by atoms with Gasteiger partial charge in [-0.1, -0.05) is 23.7 Å². The second-order valence-electron chi connectivity index (χ2n) is 5.23. The van der Waals surface area contributed by atoms with Crippen molar-refractivity contribution in [3.63, 3.8) is 0 Å². The molecule has 0 saturated heterocycles. The molecular formula is C17H15ClFNO2. The number of fused-ring (bicyclic) bond motifs is 1. The molecular weight excluding hydrogens is 305 g/mol. The monoisotopic (exact) mass is 319 g/mol. The van der Waals surface area contributed by atoms with Gasteiger partial charge in [0.1, 0.15) is 11.6 Å². The highest BCUT2D eigenvalue weighted by Crippen LogP contribution is 2.31. The number of nitrogens with one attached hydrogen (secondary N) is 1. The summed E-state index contributed by atoms with van der Waals surface area (Å²) in [6.45, 7) is 0.488. The molecule has 3 nitrogen and oxygen atoms in total. The van der Waals surface area contributed by atoms with Gasteiger partial charge in [0.2, 0.25) is 0 Å². The highest BCUT2D eigenvalue weighted by molar-refractivity contribution is 6.30. The second kappa shape index (κ2) is 6.36. The summed E-state index contributed by atoms with van der Waals surface area (Å²) in [4.78, 5) is 12.1. The first-order valence-electron chi connectivity index (χ1n) is 7.09. The van der Waals surface area contributed by atoms with Gasteiger partial charge in [0.05, 0.1) is 0 Å². The summed E-state index contributed by atoms with van der Waals surface area (Å²) in [5.41, 5.74) is 1.93. The molecule has 2 aromatic rings. The van der Waals surface area contributed by atoms with Crippen LogP contribution in [0, 0.1) is 5.82 Å². The zero-order valence-corrected chi connectivity index (χ0v) is 12.6. The molecule has 1 amide bonds. The summed E-state index contributed by atoms with van der Waals surface area (Å²) in [5, 5.41) is 3.49. The van der Waals surface area contributed by atoms with Gasteiger partial charge in [0.25, 0.3) is 5.91 Å². The Balaban J connectivity index is 1.50. The average molecular weight is 320 g/mol. The minimum Gasteiger partial charge on any atom is -0.480 e. The number of ether oxygens (including phenoxy) is 1. The maximum atomic E-state index is 12.8. The number of amides is 1. The normalized spacial score (nSPS) is 16.0. The number of rotatable bonds is 4. The van der Waals surface area contributed by atoms with E-state index < -0.39 is 6.10 Å². The molecule has 114 valence electrons. The zero-order valence-electron chi connectivity index (χ0n) is 11.8. The Hall–Kier alpha value is -2.07. The molecule has 0 bridgehead atoms. The predicted octanol–water partition coefficient (Wildman–Crippen LogP) is 3.14. The minimum absolute atomic E-state index is 0.144. The van der Waals surface area contributed by atoms with Crippen molar-refractivity contribution in [2.24, 2.45) is 0 Å². The molecule has 1 aliphatic rings. The average Bonchev–Trinajstić information content (AvgIpc) is 2.92. The Bertz CT molecular complexity index is 688. The molecule has 0 spiro atoms. The van der Waals surface area contributed by atoms with E-state index in [1.54, 1.807) is 24.3 Å². The fourth-order valence-electron chi connectivity index (χ4n) is 2.46. The summed E-state index contributed by atoms with van der Waals surface area (Å²) in [5.74, 6) is 0.307. The number of carbonyl (C=O) groups is 1. The van der Waals surface area contributed by atoms with Crippen LogP contribution in [0.25, 0.3) is 0 Å². The maximum absolute atomic E-state index is 12.8. The van der Waals surface area contributed by atoms with E-state index in [-0.39, 0.29) is 11.7 Å². The molecule has 0 radical (unpaired) electrons. The van der Waals surface area contributed by atoms with Crippen LogP contribution in [0.4, 0.5) is 4.39 Å². The Morgan fingerprint density at radius 2 is 2.05 bits per heavy atom. The lowest BCUT2D eigenvalue weighted by Gasteiger charge is -2.11. The largest absolute Gasteiger partial charge is 0.480 e. The first-order valence-corrected chi connectivity index (χ1v) is 7.47. The van der Waals surface area contributed by atoms with E-state index in [1.807, 2.05) is 6.07 Å². The van der Waals surface area contributed by atoms with Gasteiger partial charge >= 0.3 is 0 Å². The van der Waals surface area contributed by atoms with Crippen LogP contribution in [0.15, 0.2) is 42.5 Å². The SMILES string of the molecule is O=C(NCCc1ccc(F)cc1)[C@@H]1Cc2cc(Cl)ccc2O1. The minimum atomic E-state index is -0.512. The van der Waals surface area contributed by atoms with Gasteiger partial charge in [-0.05, 0) is 47.9 Å². The van der Waals surface area contributed by atoms with Gasteiger partial charge in [-0.2, -0.15) is 0 Å². The van der Waals surface area contributed by atoms with E-state index in [0.717, 1.165) is 11.1 Å². The zero-order chi connectivity index (χ0) is 15.5. The van der Waals surface area contributed by atoms with Crippen molar-refractivity contribution in [3.8, 4) is 5.75 Å². The molecule has 5 heteroatoms. The van der Waals surface area contributed by atoms with Gasteiger partial charge < -0.3 is 10.1 Å². The van der Waals surface area contributed by atoms with E-state index in [4.69, 9.17) is 16.3 Å². The second-order valence-corrected chi connectivity index (χ2v) is 5.67. The van der Waals surface area contributed by atoms with Gasteiger partial charge in [-0.25, -0.2) is 4.39 Å². The summed E-state index contributed by atoms with van der Waals surface area (Å²) in [6.07, 6.45) is 0.664. The fourth-order valence-corrected chi connectivity index (χ4v) is 2.65. The standard InChI is InChI=1S/C17H15ClFNO2/c18-13-3-6-15-12(9-13)10-16(22-15)17(21)20-8-7-11-1-4-14(19)5-2-11/h1-6,9,16H,7-8,10H2,(H,20,21)/t16-/m0/s1. The van der Waals surface area contributed by atoms with E-state index >= 15 is 0 Å². The third-order valence-corrected chi connectivity index (χ3v) is 3.85. The van der Waals surface area contributed by atoms with E-state index in [1.165, 1.54) is 12.1 Å². The van der Waals surface area contributed by atoms with Crippen LogP contribution in [-0.2, 0) is 17.6 Å². The third-order valence-electron chi connectivity index (χ3n) is 3.62. The van der Waals surface area contributed by atoms with Crippen molar-refractivity contribution in [1.29, 1.82) is 0 Å². The van der Waals surface area contributed by atoms with Gasteiger partial charge in [0, 0.05) is 18.0 Å². The molecule has 0 saturated carbocycles. The maximum Gasteiger partial charge on any atom is 0.261 e. The number of benzene rings is 2. The summed E-state index contributed by atoms with van der Waals surface area (Å²) < 4.78 is 18.4. The Morgan fingerprint density at radius 1 is 1.27 bits per heavy atom. The summed E-state index contributed by atoms with van der Waals surface area (Å²) in [7, 11) is 0. The topological polar surface area (TPSA) is 38.3 Å². The van der Waals surface area contributed by atoms with Crippen molar-refractivity contribution in [1.82, 2.24) is 5.32 Å². The molecule has 1 atom stereocenters. The van der Waals surface area contributed by atoms with Crippen LogP contribution < -0.4 is 10.1 Å². The number of halogens is 2. The van der Waals surface area contributed by atoms with E-state index in [0.29, 0.717) is 30.2 Å². The van der Waals surface area contributed by atoms with E-state index in [9.17, 15) is 9.18 Å². The quantitative estimate of drug-likeness (QED) is 0.940. The van der Waals surface area contributed by atoms with Crippen LogP contribution in [-0.4, -0.2) is 18.6 Å². The number of carbonyl (C=O) groups excluding carboxylic acids is 1. The molecule has 0 fully saturated rings. The fraction of sp³-hybridized carbons (Fsp3) is 0.235. The lowest BCUT2D eigenvalue weighted by Crippen LogP contribution is -2.38. The van der Waals surface area contributed by atoms with Crippen molar-refractivity contribution < 1.29 is 13.9 Å². The molecule has 0 aromatic heterocycles. The lowest BCUT2D eigenvalue weighted by molar-refractivity contribution is -0.127. The third kappa shape index (κ3) is 3.39. The van der Waals surface area contributed by atoms with Crippen molar-refractivity contribution in [2.45, 2.75) is 18.9 Å². The molecule has 1 heterocycles.